The highest BCUT2D eigenvalue weighted by Gasteiger charge is 2.64. The van der Waals surface area contributed by atoms with Gasteiger partial charge in [-0.05, 0) is 6.92 Å². The summed E-state index contributed by atoms with van der Waals surface area (Å²) < 4.78 is 3.85. The van der Waals surface area contributed by atoms with Gasteiger partial charge in [0.15, 0.2) is 0 Å². The highest BCUT2D eigenvalue weighted by Crippen LogP contribution is 2.50. The van der Waals surface area contributed by atoms with Crippen LogP contribution in [0.15, 0.2) is 0 Å². The number of carbonyl (C=O) groups excluding carboxylic acids is 3. The van der Waals surface area contributed by atoms with Crippen molar-refractivity contribution < 1.29 is 29.0 Å². The Labute approximate surface area is 124 Å². The van der Waals surface area contributed by atoms with E-state index in [-0.39, 0.29) is 6.61 Å². The molecule has 0 spiro atoms. The van der Waals surface area contributed by atoms with Crippen LogP contribution >= 0.6 is 11.8 Å². The molecule has 2 heterocycles. The average molecular weight is 317 g/mol. The smallest absolute Gasteiger partial charge is 0.413 e. The zero-order valence-corrected chi connectivity index (χ0v) is 12.2. The molecule has 2 saturated heterocycles. The second-order valence-electron chi connectivity index (χ2n) is 5.09. The Bertz CT molecular complexity index is 526. The topological polar surface area (TPSA) is 139 Å². The molecule has 0 bridgehead atoms. The van der Waals surface area contributed by atoms with E-state index >= 15 is 0 Å². The van der Waals surface area contributed by atoms with Gasteiger partial charge in [0.05, 0.1) is 4.75 Å². The lowest BCUT2D eigenvalue weighted by molar-refractivity contribution is -0.159. The second kappa shape index (κ2) is 5.19. The number of imide groups is 1. The van der Waals surface area contributed by atoms with E-state index in [1.54, 1.807) is 6.92 Å². The van der Waals surface area contributed by atoms with Gasteiger partial charge in [-0.3, -0.25) is 14.9 Å². The van der Waals surface area contributed by atoms with Crippen molar-refractivity contribution in [2.24, 2.45) is 5.73 Å². The third-order valence-corrected chi connectivity index (χ3v) is 5.01. The van der Waals surface area contributed by atoms with Crippen LogP contribution in [0, 0.1) is 0 Å². The number of ether oxygens (including phenoxy) is 1. The predicted octanol–water partition coefficient (Wildman–Crippen LogP) is -1.29. The monoisotopic (exact) mass is 317 g/mol. The van der Waals surface area contributed by atoms with Crippen molar-refractivity contribution in [3.63, 3.8) is 0 Å². The zero-order valence-electron chi connectivity index (χ0n) is 11.4. The number of β-lactam (4-membered cyclic amide) rings is 1. The van der Waals surface area contributed by atoms with Crippen LogP contribution in [-0.2, 0) is 19.1 Å². The number of alkyl carbamates (subject to hydrolysis) is 1. The molecule has 0 radical (unpaired) electrons. The van der Waals surface area contributed by atoms with Crippen LogP contribution in [0.25, 0.3) is 0 Å². The Morgan fingerprint density at radius 3 is 2.67 bits per heavy atom. The Morgan fingerprint density at radius 1 is 1.52 bits per heavy atom. The molecule has 0 aromatic rings. The van der Waals surface area contributed by atoms with Crippen LogP contribution in [0.1, 0.15) is 13.8 Å². The van der Waals surface area contributed by atoms with Crippen molar-refractivity contribution in [3.05, 3.63) is 0 Å². The molecule has 3 amide bonds. The molecule has 10 heteroatoms. The highest BCUT2D eigenvalue weighted by molar-refractivity contribution is 8.01. The molecular formula is C11H15N3O6S. The lowest BCUT2D eigenvalue weighted by Crippen LogP contribution is -2.69. The molecule has 0 aromatic carbocycles. The molecule has 0 saturated carbocycles. The number of carboxylic acids is 1. The van der Waals surface area contributed by atoms with Gasteiger partial charge in [0.25, 0.3) is 0 Å². The van der Waals surface area contributed by atoms with Crippen LogP contribution < -0.4 is 11.1 Å². The molecule has 2 rings (SSSR count). The maximum Gasteiger partial charge on any atom is 0.413 e. The van der Waals surface area contributed by atoms with Crippen LogP contribution in [0.4, 0.5) is 4.79 Å². The maximum absolute atomic E-state index is 11.7. The highest BCUT2D eigenvalue weighted by atomic mass is 32.2. The molecule has 4 N–H and O–H groups in total. The summed E-state index contributed by atoms with van der Waals surface area (Å²) in [5, 5.41) is 10.8. The van der Waals surface area contributed by atoms with Crippen molar-refractivity contribution in [2.75, 3.05) is 6.61 Å². The molecule has 2 aliphatic rings. The van der Waals surface area contributed by atoms with E-state index < -0.39 is 46.1 Å². The van der Waals surface area contributed by atoms with Gasteiger partial charge in [0.1, 0.15) is 24.1 Å². The molecule has 2 fully saturated rings. The van der Waals surface area contributed by atoms with Crippen molar-refractivity contribution in [1.29, 1.82) is 0 Å². The first-order valence-corrected chi connectivity index (χ1v) is 6.98. The van der Waals surface area contributed by atoms with E-state index in [0.717, 1.165) is 6.92 Å². The van der Waals surface area contributed by atoms with E-state index in [9.17, 15) is 24.3 Å². The Balaban J connectivity index is 2.09. The summed E-state index contributed by atoms with van der Waals surface area (Å²) in [4.78, 5) is 46.4. The normalized spacial score (nSPS) is 34.0. The minimum atomic E-state index is -1.19. The third-order valence-electron chi connectivity index (χ3n) is 3.37. The van der Waals surface area contributed by atoms with Gasteiger partial charge in [0, 0.05) is 6.92 Å². The Hall–Kier alpha value is -1.81. The fourth-order valence-corrected chi connectivity index (χ4v) is 4.06. The van der Waals surface area contributed by atoms with E-state index in [0.29, 0.717) is 0 Å². The maximum atomic E-state index is 11.7. The van der Waals surface area contributed by atoms with E-state index in [2.05, 4.69) is 0 Å². The molecule has 4 atom stereocenters. The van der Waals surface area contributed by atoms with E-state index in [1.807, 2.05) is 5.32 Å². The van der Waals surface area contributed by atoms with Crippen molar-refractivity contribution in [1.82, 2.24) is 10.2 Å². The quantitative estimate of drug-likeness (QED) is 0.547. The standard InChI is InChI=1S/C11H15N3O6S/c1-4(15)13-10(19)20-3-11(2)6(9(17)18)14-7(16)5(12)8(14)21-11/h5-6,8H,3,12H2,1-2H3,(H,17,18)(H,13,15,19)/t5?,6?,8-,11?/m1/s1. The van der Waals surface area contributed by atoms with Crippen molar-refractivity contribution in [3.8, 4) is 0 Å². The molecule has 0 aromatic heterocycles. The summed E-state index contributed by atoms with van der Waals surface area (Å²) in [6, 6.07) is -1.88. The molecule has 9 nitrogen and oxygen atoms in total. The molecular weight excluding hydrogens is 302 g/mol. The predicted molar refractivity (Wildman–Crippen MR) is 71.2 cm³/mol. The zero-order chi connectivity index (χ0) is 15.9. The number of hydrogen-bond acceptors (Lipinski definition) is 7. The van der Waals surface area contributed by atoms with Crippen LogP contribution in [0.2, 0.25) is 0 Å². The third kappa shape index (κ3) is 2.56. The number of fused-ring (bicyclic) bond motifs is 1. The number of nitrogens with zero attached hydrogens (tertiary/aromatic N) is 1. The van der Waals surface area contributed by atoms with E-state index in [1.165, 1.54) is 16.7 Å². The number of carbonyl (C=O) groups is 4. The number of hydrogen-bond donors (Lipinski definition) is 3. The molecule has 0 aliphatic carbocycles. The Kier molecular flexibility index (Phi) is 3.85. The van der Waals surface area contributed by atoms with E-state index in [4.69, 9.17) is 10.5 Å². The number of thioether (sulfide) groups is 1. The SMILES string of the molecule is CC(=O)NC(=O)OCC1(C)S[C@@H]2C(N)C(=O)N2C1C(=O)O. The first-order chi connectivity index (χ1) is 9.67. The van der Waals surface area contributed by atoms with Crippen LogP contribution in [0.5, 0.6) is 0 Å². The van der Waals surface area contributed by atoms with Crippen molar-refractivity contribution >= 4 is 35.6 Å². The summed E-state index contributed by atoms with van der Waals surface area (Å²) in [6.45, 7) is 2.47. The molecule has 116 valence electrons. The van der Waals surface area contributed by atoms with Gasteiger partial charge < -0.3 is 20.5 Å². The largest absolute Gasteiger partial charge is 0.480 e. The van der Waals surface area contributed by atoms with Gasteiger partial charge in [-0.1, -0.05) is 0 Å². The fourth-order valence-electron chi connectivity index (χ4n) is 2.43. The lowest BCUT2D eigenvalue weighted by atomic mass is 9.95. The minimum Gasteiger partial charge on any atom is -0.480 e. The summed E-state index contributed by atoms with van der Waals surface area (Å²) in [6.07, 6.45) is -0.960. The number of aliphatic carboxylic acids is 1. The summed E-state index contributed by atoms with van der Waals surface area (Å²) in [5.41, 5.74) is 5.64. The van der Waals surface area contributed by atoms with Gasteiger partial charge in [-0.2, -0.15) is 0 Å². The minimum absolute atomic E-state index is 0.263. The second-order valence-corrected chi connectivity index (χ2v) is 6.74. The average Bonchev–Trinajstić information content (AvgIpc) is 2.66. The summed E-state index contributed by atoms with van der Waals surface area (Å²) >= 11 is 1.18. The first kappa shape index (κ1) is 15.6. The van der Waals surface area contributed by atoms with Crippen LogP contribution in [-0.4, -0.2) is 62.7 Å². The number of rotatable bonds is 3. The van der Waals surface area contributed by atoms with Gasteiger partial charge in [-0.25, -0.2) is 9.59 Å². The lowest BCUT2D eigenvalue weighted by Gasteiger charge is -2.41. The number of nitrogens with two attached hydrogens (primary N) is 1. The molecule has 21 heavy (non-hydrogen) atoms. The Morgan fingerprint density at radius 2 is 2.14 bits per heavy atom. The number of amides is 3. The van der Waals surface area contributed by atoms with Crippen molar-refractivity contribution in [2.45, 2.75) is 36.1 Å². The molecule has 3 unspecified atom stereocenters. The van der Waals surface area contributed by atoms with Crippen LogP contribution in [0.3, 0.4) is 0 Å². The first-order valence-electron chi connectivity index (χ1n) is 6.10. The molecule has 2 aliphatic heterocycles. The number of nitrogens with one attached hydrogen (secondary N) is 1. The van der Waals surface area contributed by atoms with Gasteiger partial charge >= 0.3 is 12.1 Å². The summed E-state index contributed by atoms with van der Waals surface area (Å²) in [5.74, 6) is -2.21. The van der Waals surface area contributed by atoms with Gasteiger partial charge in [-0.15, -0.1) is 11.8 Å². The number of carboxylic acid groups (broad SMARTS) is 1. The summed E-state index contributed by atoms with van der Waals surface area (Å²) in [7, 11) is 0. The van der Waals surface area contributed by atoms with Gasteiger partial charge in [0.2, 0.25) is 11.8 Å². The fraction of sp³-hybridized carbons (Fsp3) is 0.636.